The predicted octanol–water partition coefficient (Wildman–Crippen LogP) is 4.01. The van der Waals surface area contributed by atoms with Crippen molar-refractivity contribution in [1.29, 1.82) is 10.8 Å². The Morgan fingerprint density at radius 1 is 0.674 bits per heavy atom. The zero-order valence-electron chi connectivity index (χ0n) is 26.7. The van der Waals surface area contributed by atoms with Gasteiger partial charge in [-0.1, -0.05) is 50.2 Å². The van der Waals surface area contributed by atoms with Crippen LogP contribution >= 0.6 is 23.2 Å². The number of hydrogen-bond donors (Lipinski definition) is 6. The van der Waals surface area contributed by atoms with Gasteiger partial charge in [0.25, 0.3) is 0 Å². The lowest BCUT2D eigenvalue weighted by Gasteiger charge is -2.35. The van der Waals surface area contributed by atoms with Crippen molar-refractivity contribution in [2.24, 2.45) is 11.5 Å². The molecule has 2 aromatic carbocycles. The fourth-order valence-electron chi connectivity index (χ4n) is 5.34. The molecular weight excluding hydrogens is 627 g/mol. The molecule has 0 aliphatic rings. The molecule has 46 heavy (non-hydrogen) atoms. The number of benzene rings is 2. The van der Waals surface area contributed by atoms with E-state index < -0.39 is 40.2 Å². The van der Waals surface area contributed by atoms with Gasteiger partial charge in [0, 0.05) is 37.6 Å². The van der Waals surface area contributed by atoms with Crippen LogP contribution in [0.15, 0.2) is 60.7 Å². The van der Waals surface area contributed by atoms with Crippen LogP contribution in [0.4, 0.5) is 11.4 Å². The molecule has 0 amide bonds. The molecule has 11 nitrogen and oxygen atoms in total. The smallest absolute Gasteiger partial charge is 0.185 e. The lowest BCUT2D eigenvalue weighted by molar-refractivity contribution is -0.130. The molecule has 0 saturated heterocycles. The monoisotopic (exact) mass is 674 g/mol. The number of guanidine groups is 2. The van der Waals surface area contributed by atoms with Gasteiger partial charge in [0.1, 0.15) is 0 Å². The van der Waals surface area contributed by atoms with Crippen LogP contribution in [0.2, 0.25) is 0 Å². The van der Waals surface area contributed by atoms with Crippen LogP contribution in [0.1, 0.15) is 52.4 Å². The van der Waals surface area contributed by atoms with Gasteiger partial charge in [-0.05, 0) is 62.8 Å². The van der Waals surface area contributed by atoms with E-state index in [1.165, 1.54) is 0 Å². The van der Waals surface area contributed by atoms with Crippen LogP contribution in [-0.4, -0.2) is 78.3 Å². The zero-order valence-corrected chi connectivity index (χ0v) is 28.2. The molecule has 0 fully saturated rings. The van der Waals surface area contributed by atoms with Gasteiger partial charge in [-0.25, -0.2) is 0 Å². The molecule has 0 bridgehead atoms. The topological polar surface area (TPSA) is 181 Å². The van der Waals surface area contributed by atoms with Gasteiger partial charge in [0.2, 0.25) is 0 Å². The largest absolute Gasteiger partial charge is 0.370 e. The molecule has 4 unspecified atom stereocenters. The van der Waals surface area contributed by atoms with Crippen molar-refractivity contribution >= 4 is 63.8 Å². The number of nitrogens with two attached hydrogens (primary N) is 2. The lowest BCUT2D eigenvalue weighted by atomic mass is 9.94. The summed E-state index contributed by atoms with van der Waals surface area (Å²) in [5.41, 5.74) is 12.5. The molecule has 13 heteroatoms. The van der Waals surface area contributed by atoms with Gasteiger partial charge in [-0.3, -0.25) is 25.2 Å². The summed E-state index contributed by atoms with van der Waals surface area (Å²) in [6.07, 6.45) is 3.07. The van der Waals surface area contributed by atoms with Gasteiger partial charge in [0.05, 0.1) is 12.1 Å². The first-order valence-corrected chi connectivity index (χ1v) is 16.6. The van der Waals surface area contributed by atoms with E-state index in [2.05, 4.69) is 10.6 Å². The van der Waals surface area contributed by atoms with Crippen molar-refractivity contribution in [3.63, 3.8) is 0 Å². The highest BCUT2D eigenvalue weighted by Gasteiger charge is 2.41. The number of nitrogens with zero attached hydrogens (tertiary/aromatic N) is 2. The molecule has 0 radical (unpaired) electrons. The lowest BCUT2D eigenvalue weighted by Crippen LogP contribution is -2.52. The minimum absolute atomic E-state index is 0.176. The normalized spacial score (nSPS) is 13.5. The Balaban J connectivity index is 2.37. The minimum Gasteiger partial charge on any atom is -0.370 e. The van der Waals surface area contributed by atoms with Crippen molar-refractivity contribution in [1.82, 2.24) is 10.6 Å². The molecule has 8 N–H and O–H groups in total. The van der Waals surface area contributed by atoms with E-state index in [4.69, 9.17) is 45.5 Å². The van der Waals surface area contributed by atoms with Gasteiger partial charge in [-0.15, -0.1) is 23.2 Å². The van der Waals surface area contributed by atoms with Crippen LogP contribution in [0, 0.1) is 10.8 Å². The van der Waals surface area contributed by atoms with Crippen molar-refractivity contribution in [2.75, 3.05) is 36.0 Å². The maximum atomic E-state index is 14.0. The Hall–Kier alpha value is -3.83. The maximum absolute atomic E-state index is 14.0. The summed E-state index contributed by atoms with van der Waals surface area (Å²) in [7, 11) is 0. The number of anilines is 2. The number of hydrogen-bond acceptors (Lipinski definition) is 7. The van der Waals surface area contributed by atoms with E-state index in [0.29, 0.717) is 51.9 Å². The number of Topliss-reactive ketones (excluding diaryl/α,β-unsaturated/α-hetero) is 3. The fourth-order valence-corrected chi connectivity index (χ4v) is 5.94. The highest BCUT2D eigenvalue weighted by Crippen LogP contribution is 2.26. The third-order valence-corrected chi connectivity index (χ3v) is 8.31. The summed E-state index contributed by atoms with van der Waals surface area (Å²) < 4.78 is 0. The number of alkyl halides is 2. The predicted molar refractivity (Wildman–Crippen MR) is 188 cm³/mol. The molecule has 2 aromatic rings. The molecular formula is C33H48Cl2N8O3. The first kappa shape index (κ1) is 38.4. The first-order chi connectivity index (χ1) is 22.0. The van der Waals surface area contributed by atoms with Gasteiger partial charge >= 0.3 is 0 Å². The first-order valence-electron chi connectivity index (χ1n) is 15.7. The van der Waals surface area contributed by atoms with E-state index >= 15 is 0 Å². The Labute approximate surface area is 282 Å². The molecule has 0 spiro atoms. The second-order valence-electron chi connectivity index (χ2n) is 11.0. The van der Waals surface area contributed by atoms with Crippen LogP contribution < -0.4 is 31.9 Å². The third kappa shape index (κ3) is 11.8. The number of carbonyl (C=O) groups is 3. The number of rotatable bonds is 22. The Morgan fingerprint density at radius 2 is 1.02 bits per heavy atom. The molecule has 0 aliphatic heterocycles. The summed E-state index contributed by atoms with van der Waals surface area (Å²) in [5.74, 6) is -2.29. The van der Waals surface area contributed by atoms with Crippen LogP contribution in [0.5, 0.6) is 0 Å². The Morgan fingerprint density at radius 3 is 1.33 bits per heavy atom. The zero-order chi connectivity index (χ0) is 34.1. The van der Waals surface area contributed by atoms with Crippen LogP contribution in [0.25, 0.3) is 0 Å². The van der Waals surface area contributed by atoms with Crippen molar-refractivity contribution in [3.8, 4) is 0 Å². The molecule has 0 saturated carbocycles. The highest BCUT2D eigenvalue weighted by molar-refractivity contribution is 6.53. The molecule has 0 aromatic heterocycles. The molecule has 2 rings (SSSR count). The number of halogens is 2. The number of carbonyl (C=O) groups excluding carboxylic acids is 3. The summed E-state index contributed by atoms with van der Waals surface area (Å²) in [6.45, 7) is 5.76. The van der Waals surface area contributed by atoms with Crippen molar-refractivity contribution in [2.45, 2.75) is 75.2 Å². The third-order valence-electron chi connectivity index (χ3n) is 7.45. The minimum atomic E-state index is -1.66. The van der Waals surface area contributed by atoms with Gasteiger partial charge in [-0.2, -0.15) is 0 Å². The standard InChI is InChI=1S/C33H48Cl2N8O3/c1-3-21-42(23-13-7-5-8-14-23)25(17-11-19-40-32(36)37)29(44)27(34)31(46)28(35)30(45)26(18-12-20-41-33(38)39)43(22-4-2)24-15-9-6-10-16-24/h5-10,13-16,25-28H,3-4,11-12,17-22H2,1-2H3,(H4,36,37,40)(H4,38,39,41). The Bertz CT molecular complexity index is 1170. The quantitative estimate of drug-likeness (QED) is 0.0353. The second-order valence-corrected chi connectivity index (χ2v) is 11.9. The number of nitrogens with one attached hydrogen (secondary N) is 4. The van der Waals surface area contributed by atoms with Crippen LogP contribution in [-0.2, 0) is 14.4 Å². The van der Waals surface area contributed by atoms with Gasteiger partial charge in [0.15, 0.2) is 40.0 Å². The van der Waals surface area contributed by atoms with E-state index in [9.17, 15) is 14.4 Å². The average molecular weight is 676 g/mol. The van der Waals surface area contributed by atoms with Gasteiger partial charge < -0.3 is 31.9 Å². The van der Waals surface area contributed by atoms with Crippen LogP contribution in [0.3, 0.4) is 0 Å². The van der Waals surface area contributed by atoms with E-state index in [-0.39, 0.29) is 11.9 Å². The summed E-state index contributed by atoms with van der Waals surface area (Å²) in [4.78, 5) is 45.7. The van der Waals surface area contributed by atoms with E-state index in [0.717, 1.165) is 24.2 Å². The maximum Gasteiger partial charge on any atom is 0.185 e. The molecule has 0 aliphatic carbocycles. The molecule has 0 heterocycles. The average Bonchev–Trinajstić information content (AvgIpc) is 3.05. The van der Waals surface area contributed by atoms with E-state index in [1.807, 2.05) is 84.3 Å². The highest BCUT2D eigenvalue weighted by atomic mass is 35.5. The number of para-hydroxylation sites is 2. The molecule has 4 atom stereocenters. The number of ketones is 3. The van der Waals surface area contributed by atoms with Crippen molar-refractivity contribution in [3.05, 3.63) is 60.7 Å². The molecule has 252 valence electrons. The summed E-state index contributed by atoms with van der Waals surface area (Å²) in [5, 5.41) is 17.1. The summed E-state index contributed by atoms with van der Waals surface area (Å²) >= 11 is 13.3. The SMILES string of the molecule is CCCN(c1ccccc1)C(CCCNC(=N)N)C(=O)C(Cl)C(=O)C(Cl)C(=O)C(CCCNC(=N)N)N(CCC)c1ccccc1. The van der Waals surface area contributed by atoms with Crippen molar-refractivity contribution < 1.29 is 14.4 Å². The Kier molecular flexibility index (Phi) is 16.9. The summed E-state index contributed by atoms with van der Waals surface area (Å²) in [6, 6.07) is 17.2. The fraction of sp³-hybridized carbons (Fsp3) is 0.485. The van der Waals surface area contributed by atoms with E-state index in [1.54, 1.807) is 0 Å². The second kappa shape index (κ2) is 20.3.